The lowest BCUT2D eigenvalue weighted by atomic mass is 10.1. The number of hydrogen-bond donors (Lipinski definition) is 0. The van der Waals surface area contributed by atoms with Gasteiger partial charge in [-0.25, -0.2) is 0 Å². The smallest absolute Gasteiger partial charge is 0.258 e. The average Bonchev–Trinajstić information content (AvgIpc) is 3.10. The van der Waals surface area contributed by atoms with Crippen molar-refractivity contribution < 1.29 is 9.53 Å². The summed E-state index contributed by atoms with van der Waals surface area (Å²) in [4.78, 5) is 14.6. The van der Waals surface area contributed by atoms with Crippen LogP contribution in [0.25, 0.3) is 0 Å². The Morgan fingerprint density at radius 1 is 0.920 bits per heavy atom. The first-order chi connectivity index (χ1) is 12.3. The van der Waals surface area contributed by atoms with Crippen molar-refractivity contribution in [1.82, 2.24) is 0 Å². The second-order valence-corrected chi connectivity index (χ2v) is 6.14. The summed E-state index contributed by atoms with van der Waals surface area (Å²) in [5.74, 6) is 0.897. The van der Waals surface area contributed by atoms with E-state index in [9.17, 15) is 4.79 Å². The molecule has 0 saturated carbocycles. The van der Waals surface area contributed by atoms with E-state index in [-0.39, 0.29) is 5.91 Å². The van der Waals surface area contributed by atoms with Crippen molar-refractivity contribution in [2.45, 2.75) is 13.0 Å². The van der Waals surface area contributed by atoms with Crippen LogP contribution in [0.4, 0.5) is 5.69 Å². The average molecular weight is 329 g/mol. The SMILES string of the molecule is O=C(c1ccccc1)N1CCc2cc(OCc3ccccc3)ccc21. The molecule has 3 aromatic carbocycles. The van der Waals surface area contributed by atoms with E-state index < -0.39 is 0 Å². The molecule has 0 atom stereocenters. The minimum Gasteiger partial charge on any atom is -0.489 e. The number of fused-ring (bicyclic) bond motifs is 1. The molecule has 3 aromatic rings. The van der Waals surface area contributed by atoms with Crippen LogP contribution < -0.4 is 9.64 Å². The standard InChI is InChI=1S/C22H19NO2/c24-22(18-9-5-2-6-10-18)23-14-13-19-15-20(11-12-21(19)23)25-16-17-7-3-1-4-8-17/h1-12,15H,13-14,16H2. The number of amides is 1. The molecule has 1 amide bonds. The lowest BCUT2D eigenvalue weighted by Crippen LogP contribution is -2.28. The Balaban J connectivity index is 1.50. The highest BCUT2D eigenvalue weighted by Crippen LogP contribution is 2.32. The zero-order valence-electron chi connectivity index (χ0n) is 13.9. The van der Waals surface area contributed by atoms with E-state index in [2.05, 4.69) is 6.07 Å². The molecule has 4 rings (SSSR count). The second-order valence-electron chi connectivity index (χ2n) is 6.14. The van der Waals surface area contributed by atoms with E-state index in [1.807, 2.05) is 77.7 Å². The molecule has 0 saturated heterocycles. The largest absolute Gasteiger partial charge is 0.489 e. The molecule has 25 heavy (non-hydrogen) atoms. The highest BCUT2D eigenvalue weighted by molar-refractivity contribution is 6.07. The van der Waals surface area contributed by atoms with E-state index in [0.717, 1.165) is 34.5 Å². The van der Waals surface area contributed by atoms with Crippen molar-refractivity contribution in [1.29, 1.82) is 0 Å². The zero-order valence-corrected chi connectivity index (χ0v) is 13.9. The molecule has 1 heterocycles. The molecule has 1 aliphatic heterocycles. The predicted molar refractivity (Wildman–Crippen MR) is 99.0 cm³/mol. The summed E-state index contributed by atoms with van der Waals surface area (Å²) in [6, 6.07) is 25.5. The first-order valence-electron chi connectivity index (χ1n) is 8.48. The topological polar surface area (TPSA) is 29.5 Å². The van der Waals surface area contributed by atoms with Crippen molar-refractivity contribution >= 4 is 11.6 Å². The summed E-state index contributed by atoms with van der Waals surface area (Å²) < 4.78 is 5.89. The fourth-order valence-corrected chi connectivity index (χ4v) is 3.16. The molecule has 0 N–H and O–H groups in total. The van der Waals surface area contributed by atoms with Gasteiger partial charge in [0.1, 0.15) is 12.4 Å². The van der Waals surface area contributed by atoms with Gasteiger partial charge >= 0.3 is 0 Å². The van der Waals surface area contributed by atoms with Gasteiger partial charge < -0.3 is 9.64 Å². The number of rotatable bonds is 4. The molecule has 0 bridgehead atoms. The van der Waals surface area contributed by atoms with Crippen LogP contribution in [0.2, 0.25) is 0 Å². The lowest BCUT2D eigenvalue weighted by molar-refractivity contribution is 0.0989. The van der Waals surface area contributed by atoms with Crippen LogP contribution in [0.5, 0.6) is 5.75 Å². The van der Waals surface area contributed by atoms with E-state index in [0.29, 0.717) is 13.2 Å². The number of anilines is 1. The summed E-state index contributed by atoms with van der Waals surface area (Å²) in [6.45, 7) is 1.26. The van der Waals surface area contributed by atoms with E-state index in [1.54, 1.807) is 0 Å². The summed E-state index contributed by atoms with van der Waals surface area (Å²) in [5, 5.41) is 0. The maximum absolute atomic E-state index is 12.7. The molecule has 0 aliphatic carbocycles. The molecule has 0 unspecified atom stereocenters. The van der Waals surface area contributed by atoms with Crippen LogP contribution in [-0.4, -0.2) is 12.5 Å². The van der Waals surface area contributed by atoms with Gasteiger partial charge in [0.05, 0.1) is 0 Å². The predicted octanol–water partition coefficient (Wildman–Crippen LogP) is 4.47. The Labute approximate surface area is 147 Å². The molecule has 0 spiro atoms. The Morgan fingerprint density at radius 2 is 1.64 bits per heavy atom. The van der Waals surface area contributed by atoms with E-state index in [4.69, 9.17) is 4.74 Å². The summed E-state index contributed by atoms with van der Waals surface area (Å²) >= 11 is 0. The number of benzene rings is 3. The van der Waals surface area contributed by atoms with Gasteiger partial charge in [0.15, 0.2) is 0 Å². The Kier molecular flexibility index (Phi) is 4.21. The highest BCUT2D eigenvalue weighted by Gasteiger charge is 2.25. The van der Waals surface area contributed by atoms with Gasteiger partial charge in [-0.2, -0.15) is 0 Å². The van der Waals surface area contributed by atoms with Gasteiger partial charge in [-0.05, 0) is 47.9 Å². The number of hydrogen-bond acceptors (Lipinski definition) is 2. The van der Waals surface area contributed by atoms with Gasteiger partial charge in [0, 0.05) is 17.8 Å². The van der Waals surface area contributed by atoms with Crippen LogP contribution in [0.1, 0.15) is 21.5 Å². The Hall–Kier alpha value is -3.07. The van der Waals surface area contributed by atoms with Gasteiger partial charge in [0.25, 0.3) is 5.91 Å². The molecular weight excluding hydrogens is 310 g/mol. The van der Waals surface area contributed by atoms with Crippen LogP contribution >= 0.6 is 0 Å². The maximum Gasteiger partial charge on any atom is 0.258 e. The van der Waals surface area contributed by atoms with Crippen molar-refractivity contribution in [3.8, 4) is 5.75 Å². The minimum absolute atomic E-state index is 0.0531. The molecule has 0 radical (unpaired) electrons. The maximum atomic E-state index is 12.7. The number of carbonyl (C=O) groups excluding carboxylic acids is 1. The molecule has 3 nitrogen and oxygen atoms in total. The van der Waals surface area contributed by atoms with Crippen LogP contribution in [-0.2, 0) is 13.0 Å². The van der Waals surface area contributed by atoms with Gasteiger partial charge in [-0.15, -0.1) is 0 Å². The normalized spacial score (nSPS) is 12.7. The summed E-state index contributed by atoms with van der Waals surface area (Å²) in [7, 11) is 0. The first kappa shape index (κ1) is 15.5. The first-order valence-corrected chi connectivity index (χ1v) is 8.48. The van der Waals surface area contributed by atoms with Crippen LogP contribution in [0, 0.1) is 0 Å². The molecular formula is C22H19NO2. The number of ether oxygens (including phenoxy) is 1. The molecule has 0 aromatic heterocycles. The van der Waals surface area contributed by atoms with Crippen molar-refractivity contribution in [3.05, 3.63) is 95.6 Å². The third kappa shape index (κ3) is 3.26. The van der Waals surface area contributed by atoms with Crippen LogP contribution in [0.3, 0.4) is 0 Å². The van der Waals surface area contributed by atoms with Crippen molar-refractivity contribution in [2.75, 3.05) is 11.4 Å². The van der Waals surface area contributed by atoms with E-state index in [1.165, 1.54) is 0 Å². The molecule has 0 fully saturated rings. The molecule has 124 valence electrons. The summed E-state index contributed by atoms with van der Waals surface area (Å²) in [5.41, 5.74) is 4.01. The third-order valence-corrected chi connectivity index (χ3v) is 4.46. The van der Waals surface area contributed by atoms with E-state index >= 15 is 0 Å². The van der Waals surface area contributed by atoms with Gasteiger partial charge in [-0.1, -0.05) is 48.5 Å². The van der Waals surface area contributed by atoms with Gasteiger partial charge in [-0.3, -0.25) is 4.79 Å². The monoisotopic (exact) mass is 329 g/mol. The van der Waals surface area contributed by atoms with Gasteiger partial charge in [0.2, 0.25) is 0 Å². The summed E-state index contributed by atoms with van der Waals surface area (Å²) in [6.07, 6.45) is 0.858. The van der Waals surface area contributed by atoms with Crippen molar-refractivity contribution in [2.24, 2.45) is 0 Å². The fraction of sp³-hybridized carbons (Fsp3) is 0.136. The molecule has 3 heteroatoms. The minimum atomic E-state index is 0.0531. The third-order valence-electron chi connectivity index (χ3n) is 4.46. The highest BCUT2D eigenvalue weighted by atomic mass is 16.5. The Bertz CT molecular complexity index is 875. The number of nitrogens with zero attached hydrogens (tertiary/aromatic N) is 1. The molecule has 1 aliphatic rings. The second kappa shape index (κ2) is 6.81. The Morgan fingerprint density at radius 3 is 2.40 bits per heavy atom. The lowest BCUT2D eigenvalue weighted by Gasteiger charge is -2.17. The zero-order chi connectivity index (χ0) is 17.1. The van der Waals surface area contributed by atoms with Crippen LogP contribution in [0.15, 0.2) is 78.9 Å². The quantitative estimate of drug-likeness (QED) is 0.707. The van der Waals surface area contributed by atoms with Crippen molar-refractivity contribution in [3.63, 3.8) is 0 Å². The fourth-order valence-electron chi connectivity index (χ4n) is 3.16. The number of carbonyl (C=O) groups is 1.